The lowest BCUT2D eigenvalue weighted by Crippen LogP contribution is -2.19. The molecule has 0 unspecified atom stereocenters. The molecule has 14 heavy (non-hydrogen) atoms. The fraction of sp³-hybridized carbons (Fsp3) is 0.909. The van der Waals surface area contributed by atoms with Crippen molar-refractivity contribution in [1.29, 1.82) is 0 Å². The molecule has 0 radical (unpaired) electrons. The first-order valence-corrected chi connectivity index (χ1v) is 8.09. The van der Waals surface area contributed by atoms with Gasteiger partial charge in [-0.3, -0.25) is 0 Å². The molecule has 0 heterocycles. The van der Waals surface area contributed by atoms with Crippen molar-refractivity contribution in [1.82, 2.24) is 0 Å². The number of carbonyl (C=O) groups is 1. The molecule has 0 aliphatic heterocycles. The minimum absolute atomic E-state index is 0.111. The Bertz CT molecular complexity index is 125. The van der Waals surface area contributed by atoms with Crippen LogP contribution in [0, 0.1) is 0 Å². The van der Waals surface area contributed by atoms with Crippen LogP contribution in [0.15, 0.2) is 0 Å². The molecule has 2 nitrogen and oxygen atoms in total. The summed E-state index contributed by atoms with van der Waals surface area (Å²) in [5, 5.41) is 9.26. The van der Waals surface area contributed by atoms with Crippen LogP contribution in [0.4, 0.5) is 0 Å². The number of carboxylic acid groups (broad SMARTS) is 1. The van der Waals surface area contributed by atoms with Gasteiger partial charge in [-0.05, 0) is 34.1 Å². The summed E-state index contributed by atoms with van der Waals surface area (Å²) in [6.45, 7) is 10.9. The molecule has 0 saturated heterocycles. The van der Waals surface area contributed by atoms with Crippen LogP contribution in [-0.4, -0.2) is 30.6 Å². The second kappa shape index (κ2) is 9.45. The molecule has 0 aromatic heterocycles. The molecule has 3 heteroatoms. The van der Waals surface area contributed by atoms with Gasteiger partial charge in [-0.2, -0.15) is 0 Å². The zero-order chi connectivity index (χ0) is 11.6. The number of rotatable bonds is 5. The first kappa shape index (κ1) is 16.3. The van der Waals surface area contributed by atoms with Gasteiger partial charge < -0.3 is 9.90 Å². The number of hydrogen-bond donors (Lipinski definition) is 0. The van der Waals surface area contributed by atoms with E-state index in [1.54, 1.807) is 0 Å². The minimum atomic E-state index is -0.995. The Balaban J connectivity index is 0. The van der Waals surface area contributed by atoms with Gasteiger partial charge in [0.15, 0.2) is 0 Å². The van der Waals surface area contributed by atoms with Crippen LogP contribution in [0.3, 0.4) is 0 Å². The van der Waals surface area contributed by atoms with Crippen molar-refractivity contribution in [2.45, 2.75) is 41.0 Å². The van der Waals surface area contributed by atoms with Gasteiger partial charge in [0.1, 0.15) is 0 Å². The van der Waals surface area contributed by atoms with E-state index in [4.69, 9.17) is 0 Å². The Morgan fingerprint density at radius 3 is 1.14 bits per heavy atom. The molecule has 0 aromatic rings. The number of carbonyl (C=O) groups excluding carboxylic acids is 1. The third-order valence-electron chi connectivity index (χ3n) is 2.97. The molecule has 0 spiro atoms. The minimum Gasteiger partial charge on any atom is -0.550 e. The van der Waals surface area contributed by atoms with Gasteiger partial charge in [-0.15, -0.1) is 0 Å². The average molecular weight is 220 g/mol. The molecule has 0 fully saturated rings. The summed E-state index contributed by atoms with van der Waals surface area (Å²) in [7, 11) is -0.420. The van der Waals surface area contributed by atoms with E-state index >= 15 is 0 Å². The lowest BCUT2D eigenvalue weighted by Gasteiger charge is -2.20. The van der Waals surface area contributed by atoms with Crippen LogP contribution in [0.5, 0.6) is 0 Å². The summed E-state index contributed by atoms with van der Waals surface area (Å²) in [4.78, 5) is 9.26. The Kier molecular flexibility index (Phi) is 11.0. The van der Waals surface area contributed by atoms with Crippen LogP contribution in [0.25, 0.3) is 0 Å². The van der Waals surface area contributed by atoms with E-state index < -0.39 is 13.2 Å². The summed E-state index contributed by atoms with van der Waals surface area (Å²) in [6.07, 6.45) is 5.93. The quantitative estimate of drug-likeness (QED) is 0.666. The third-order valence-corrected chi connectivity index (χ3v) is 8.34. The van der Waals surface area contributed by atoms with Crippen molar-refractivity contribution in [2.75, 3.05) is 24.6 Å². The molecule has 0 amide bonds. The lowest BCUT2D eigenvalue weighted by atomic mass is 10.5. The van der Waals surface area contributed by atoms with Gasteiger partial charge in [-0.1, -0.05) is 6.92 Å². The van der Waals surface area contributed by atoms with Crippen LogP contribution >= 0.6 is 7.26 Å². The third kappa shape index (κ3) is 7.32. The summed E-state index contributed by atoms with van der Waals surface area (Å²) in [5.41, 5.74) is 0. The van der Waals surface area contributed by atoms with Crippen LogP contribution < -0.4 is 5.11 Å². The van der Waals surface area contributed by atoms with E-state index in [1.165, 1.54) is 31.6 Å². The van der Waals surface area contributed by atoms with Crippen molar-refractivity contribution >= 4 is 13.2 Å². The van der Waals surface area contributed by atoms with Gasteiger partial charge in [0.05, 0.1) is 24.6 Å². The summed E-state index contributed by atoms with van der Waals surface area (Å²) < 4.78 is 0. The van der Waals surface area contributed by atoms with Crippen LogP contribution in [0.2, 0.25) is 0 Å². The van der Waals surface area contributed by atoms with Crippen LogP contribution in [0.1, 0.15) is 41.0 Å². The normalized spacial score (nSPS) is 10.4. The van der Waals surface area contributed by atoms with Gasteiger partial charge in [0, 0.05) is 13.2 Å². The predicted octanol–water partition coefficient (Wildman–Crippen LogP) is 2.23. The first-order valence-electron chi connectivity index (χ1n) is 5.56. The second-order valence-corrected chi connectivity index (χ2v) is 8.55. The maximum absolute atomic E-state index is 9.26. The van der Waals surface area contributed by atoms with E-state index in [2.05, 4.69) is 27.7 Å². The van der Waals surface area contributed by atoms with Crippen molar-refractivity contribution in [3.8, 4) is 0 Å². The van der Waals surface area contributed by atoms with E-state index in [-0.39, 0.29) is 6.42 Å². The molecule has 0 bridgehead atoms. The Morgan fingerprint density at radius 2 is 1.14 bits per heavy atom. The van der Waals surface area contributed by atoms with E-state index in [0.29, 0.717) is 0 Å². The maximum atomic E-state index is 9.26. The molecule has 0 saturated carbocycles. The van der Waals surface area contributed by atoms with E-state index in [0.717, 1.165) is 0 Å². The van der Waals surface area contributed by atoms with E-state index in [1.807, 2.05) is 0 Å². The highest BCUT2D eigenvalue weighted by molar-refractivity contribution is 7.75. The maximum Gasteiger partial charge on any atom is 0.0565 e. The smallest absolute Gasteiger partial charge is 0.0565 e. The predicted molar refractivity (Wildman–Crippen MR) is 64.4 cm³/mol. The topological polar surface area (TPSA) is 40.1 Å². The molecule has 0 rings (SSSR count). The molecule has 0 aliphatic carbocycles. The summed E-state index contributed by atoms with van der Waals surface area (Å²) >= 11 is 0. The molecule has 0 aliphatic rings. The van der Waals surface area contributed by atoms with Crippen molar-refractivity contribution in [2.24, 2.45) is 0 Å². The van der Waals surface area contributed by atoms with Gasteiger partial charge in [0.2, 0.25) is 0 Å². The highest BCUT2D eigenvalue weighted by atomic mass is 31.2. The molecule has 0 atom stereocenters. The molecular weight excluding hydrogens is 195 g/mol. The Hall–Kier alpha value is -0.100. The van der Waals surface area contributed by atoms with Gasteiger partial charge >= 0.3 is 0 Å². The Morgan fingerprint density at radius 1 is 0.929 bits per heavy atom. The fourth-order valence-corrected chi connectivity index (χ4v) is 4.02. The average Bonchev–Trinajstić information content (AvgIpc) is 2.23. The first-order chi connectivity index (χ1) is 6.51. The molecule has 0 aromatic carbocycles. The Labute approximate surface area is 89.4 Å². The summed E-state index contributed by atoms with van der Waals surface area (Å²) in [6, 6.07) is 0. The van der Waals surface area contributed by atoms with Crippen molar-refractivity contribution in [3.05, 3.63) is 0 Å². The van der Waals surface area contributed by atoms with Gasteiger partial charge in [0.25, 0.3) is 0 Å². The second-order valence-electron chi connectivity index (χ2n) is 3.33. The highest BCUT2D eigenvalue weighted by Gasteiger charge is 2.27. The van der Waals surface area contributed by atoms with Crippen molar-refractivity contribution in [3.63, 3.8) is 0 Å². The monoisotopic (exact) mass is 220 g/mol. The zero-order valence-corrected chi connectivity index (χ0v) is 11.2. The van der Waals surface area contributed by atoms with Crippen molar-refractivity contribution < 1.29 is 9.90 Å². The molecule has 0 N–H and O–H groups in total. The fourth-order valence-electron chi connectivity index (χ4n) is 1.34. The van der Waals surface area contributed by atoms with Crippen LogP contribution in [-0.2, 0) is 4.79 Å². The largest absolute Gasteiger partial charge is 0.550 e. The van der Waals surface area contributed by atoms with E-state index in [9.17, 15) is 9.90 Å². The lowest BCUT2D eigenvalue weighted by molar-refractivity contribution is -0.305. The molecular formula is C11H25O2P. The SMILES string of the molecule is CCC(=O)[O-].CC[P+](CC)(CC)CC. The standard InChI is InChI=1S/C8H20P.C3H6O2/c1-5-9(6-2,7-3)8-4;1-2-3(4)5/h5-8H2,1-4H3;2H2,1H3,(H,4,5)/q+1;/p-1. The number of aliphatic carboxylic acids is 1. The highest BCUT2D eigenvalue weighted by Crippen LogP contribution is 2.57. The number of hydrogen-bond acceptors (Lipinski definition) is 2. The number of carboxylic acids is 1. The molecule has 86 valence electrons. The summed E-state index contributed by atoms with van der Waals surface area (Å²) in [5.74, 6) is -0.995. The zero-order valence-electron chi connectivity index (χ0n) is 10.3. The van der Waals surface area contributed by atoms with Gasteiger partial charge in [-0.25, -0.2) is 0 Å².